The maximum atomic E-state index is 13.7. The smallest absolute Gasteiger partial charge is 0.307 e. The molecule has 3 N–H and O–H groups in total. The number of ether oxygens (including phenoxy) is 2. The van der Waals surface area contributed by atoms with Crippen LogP contribution in [-0.2, 0) is 43.2 Å². The number of fused-ring (bicyclic) bond motifs is 5. The Balaban J connectivity index is 1.53. The van der Waals surface area contributed by atoms with Crippen LogP contribution in [0.5, 0.6) is 5.75 Å². The van der Waals surface area contributed by atoms with E-state index in [9.17, 15) is 19.5 Å². The summed E-state index contributed by atoms with van der Waals surface area (Å²) in [6.07, 6.45) is 3.92. The summed E-state index contributed by atoms with van der Waals surface area (Å²) >= 11 is 0. The van der Waals surface area contributed by atoms with Gasteiger partial charge in [0.2, 0.25) is 11.8 Å². The fraction of sp³-hybridized carbons (Fsp3) is 0.469. The number of carbonyl (C=O) groups is 3. The standard InChI is InChI=1S/C32H41N3O6/c1-32(2,3)41-29(37)20-23(10-6-8-22-9-7-11-25(36)18-22)30(38)34-27-19-24-21-35(28-13-5-4-12-26(24)28)15-17-40-16-14-33-31(27)39/h4-5,7,9,11-13,18,21,23,27,36H,6,8,10,14-17,19-20H2,1-3H3,(H,33,39)(H,34,38)/t23-,27+/m1/s1. The van der Waals surface area contributed by atoms with Gasteiger partial charge in [0.05, 0.1) is 19.6 Å². The van der Waals surface area contributed by atoms with E-state index in [1.165, 1.54) is 0 Å². The Labute approximate surface area is 241 Å². The van der Waals surface area contributed by atoms with Crippen molar-refractivity contribution < 1.29 is 29.0 Å². The monoisotopic (exact) mass is 563 g/mol. The third-order valence-corrected chi connectivity index (χ3v) is 7.08. The summed E-state index contributed by atoms with van der Waals surface area (Å²) in [5.74, 6) is -1.61. The average molecular weight is 564 g/mol. The maximum absolute atomic E-state index is 13.7. The summed E-state index contributed by atoms with van der Waals surface area (Å²) in [5.41, 5.74) is 2.27. The molecule has 4 rings (SSSR count). The molecule has 1 aromatic heterocycles. The Morgan fingerprint density at radius 3 is 2.76 bits per heavy atom. The zero-order valence-corrected chi connectivity index (χ0v) is 24.2. The molecule has 0 saturated heterocycles. The summed E-state index contributed by atoms with van der Waals surface area (Å²) in [6.45, 7) is 7.29. The summed E-state index contributed by atoms with van der Waals surface area (Å²) in [7, 11) is 0. The van der Waals surface area contributed by atoms with Gasteiger partial charge in [-0.3, -0.25) is 14.4 Å². The van der Waals surface area contributed by atoms with E-state index in [1.54, 1.807) is 39.0 Å². The number of aromatic hydroxyl groups is 1. The molecule has 2 aromatic carbocycles. The van der Waals surface area contributed by atoms with Crippen LogP contribution in [0.2, 0.25) is 0 Å². The molecule has 0 unspecified atom stereocenters. The molecule has 9 nitrogen and oxygen atoms in total. The first kappa shape index (κ1) is 30.1. The van der Waals surface area contributed by atoms with Gasteiger partial charge in [0.15, 0.2) is 0 Å². The van der Waals surface area contributed by atoms with Crippen LogP contribution in [0, 0.1) is 5.92 Å². The number of phenolic OH excluding ortho intramolecular Hbond substituents is 1. The fourth-order valence-corrected chi connectivity index (χ4v) is 5.20. The number of carbonyl (C=O) groups excluding carboxylic acids is 3. The highest BCUT2D eigenvalue weighted by Gasteiger charge is 2.30. The minimum atomic E-state index is -0.826. The minimum absolute atomic E-state index is 0.0926. The molecule has 1 aliphatic rings. The highest BCUT2D eigenvalue weighted by atomic mass is 16.6. The van der Waals surface area contributed by atoms with Gasteiger partial charge in [-0.25, -0.2) is 0 Å². The van der Waals surface area contributed by atoms with Crippen LogP contribution < -0.4 is 10.6 Å². The Bertz CT molecular complexity index is 1360. The zero-order valence-electron chi connectivity index (χ0n) is 24.2. The van der Waals surface area contributed by atoms with Gasteiger partial charge in [0.1, 0.15) is 17.4 Å². The number of phenols is 1. The van der Waals surface area contributed by atoms with E-state index in [4.69, 9.17) is 9.47 Å². The lowest BCUT2D eigenvalue weighted by molar-refractivity contribution is -0.157. The van der Waals surface area contributed by atoms with Crippen LogP contribution in [0.15, 0.2) is 54.7 Å². The number of benzene rings is 2. The van der Waals surface area contributed by atoms with Crippen molar-refractivity contribution in [3.05, 3.63) is 65.9 Å². The van der Waals surface area contributed by atoms with Crippen molar-refractivity contribution in [1.82, 2.24) is 15.2 Å². The predicted octanol–water partition coefficient (Wildman–Crippen LogP) is 3.89. The summed E-state index contributed by atoms with van der Waals surface area (Å²) in [5, 5.41) is 16.7. The lowest BCUT2D eigenvalue weighted by atomic mass is 9.94. The molecular weight excluding hydrogens is 522 g/mol. The molecule has 9 heteroatoms. The quantitative estimate of drug-likeness (QED) is 0.358. The van der Waals surface area contributed by atoms with Crippen LogP contribution in [0.25, 0.3) is 10.9 Å². The molecule has 0 spiro atoms. The van der Waals surface area contributed by atoms with Crippen LogP contribution in [0.1, 0.15) is 51.2 Å². The number of amides is 2. The predicted molar refractivity (Wildman–Crippen MR) is 156 cm³/mol. The second kappa shape index (κ2) is 13.7. The normalized spacial score (nSPS) is 17.1. The van der Waals surface area contributed by atoms with E-state index in [0.717, 1.165) is 22.0 Å². The fourth-order valence-electron chi connectivity index (χ4n) is 5.20. The van der Waals surface area contributed by atoms with Gasteiger partial charge >= 0.3 is 5.97 Å². The highest BCUT2D eigenvalue weighted by molar-refractivity contribution is 5.91. The van der Waals surface area contributed by atoms with Crippen molar-refractivity contribution >= 4 is 28.7 Å². The Hall–Kier alpha value is -3.85. The lowest BCUT2D eigenvalue weighted by Crippen LogP contribution is -2.50. The van der Waals surface area contributed by atoms with Gasteiger partial charge in [0, 0.05) is 42.5 Å². The van der Waals surface area contributed by atoms with Crippen molar-refractivity contribution in [3.63, 3.8) is 0 Å². The Kier molecular flexibility index (Phi) is 10.0. The molecule has 220 valence electrons. The van der Waals surface area contributed by atoms with Gasteiger partial charge in [-0.1, -0.05) is 30.3 Å². The van der Waals surface area contributed by atoms with Crippen molar-refractivity contribution in [2.45, 2.75) is 71.1 Å². The molecule has 0 fully saturated rings. The largest absolute Gasteiger partial charge is 0.508 e. The SMILES string of the molecule is CC(C)(C)OC(=O)C[C@@H](CCCc1cccc(O)c1)C(=O)N[C@H]1Cc2cn(c3ccccc23)CCOCCNC1=O. The van der Waals surface area contributed by atoms with E-state index < -0.39 is 23.5 Å². The number of aromatic nitrogens is 1. The van der Waals surface area contributed by atoms with Gasteiger partial charge < -0.3 is 29.8 Å². The highest BCUT2D eigenvalue weighted by Crippen LogP contribution is 2.24. The lowest BCUT2D eigenvalue weighted by Gasteiger charge is -2.24. The number of hydrogen-bond acceptors (Lipinski definition) is 6. The van der Waals surface area contributed by atoms with Crippen LogP contribution in [-0.4, -0.2) is 58.9 Å². The number of nitrogens with zero attached hydrogens (tertiary/aromatic N) is 1. The Morgan fingerprint density at radius 1 is 1.17 bits per heavy atom. The van der Waals surface area contributed by atoms with Crippen molar-refractivity contribution in [2.75, 3.05) is 19.8 Å². The minimum Gasteiger partial charge on any atom is -0.508 e. The van der Waals surface area contributed by atoms with E-state index in [-0.39, 0.29) is 24.0 Å². The molecule has 0 aliphatic carbocycles. The second-order valence-electron chi connectivity index (χ2n) is 11.6. The third-order valence-electron chi connectivity index (χ3n) is 7.08. The molecular formula is C32H41N3O6. The van der Waals surface area contributed by atoms with Crippen LogP contribution in [0.4, 0.5) is 0 Å². The third kappa shape index (κ3) is 8.82. The number of nitrogens with one attached hydrogen (secondary N) is 2. The molecule has 2 atom stereocenters. The van der Waals surface area contributed by atoms with E-state index >= 15 is 0 Å². The van der Waals surface area contributed by atoms with Crippen molar-refractivity contribution in [2.24, 2.45) is 5.92 Å². The zero-order chi connectivity index (χ0) is 29.4. The first-order valence-corrected chi connectivity index (χ1v) is 14.3. The molecule has 1 aliphatic heterocycles. The van der Waals surface area contributed by atoms with Crippen molar-refractivity contribution in [3.8, 4) is 5.75 Å². The molecule has 0 radical (unpaired) electrons. The second-order valence-corrected chi connectivity index (χ2v) is 11.6. The number of para-hydroxylation sites is 1. The molecule has 3 aromatic rings. The number of rotatable bonds is 8. The summed E-state index contributed by atoms with van der Waals surface area (Å²) in [4.78, 5) is 39.7. The van der Waals surface area contributed by atoms with Crippen LogP contribution in [0.3, 0.4) is 0 Å². The first-order valence-electron chi connectivity index (χ1n) is 14.3. The van der Waals surface area contributed by atoms with E-state index in [2.05, 4.69) is 15.2 Å². The van der Waals surface area contributed by atoms with Gasteiger partial charge in [-0.15, -0.1) is 0 Å². The van der Waals surface area contributed by atoms with Gasteiger partial charge in [-0.2, -0.15) is 0 Å². The summed E-state index contributed by atoms with van der Waals surface area (Å²) < 4.78 is 13.3. The molecule has 0 saturated carbocycles. The van der Waals surface area contributed by atoms with Crippen molar-refractivity contribution in [1.29, 1.82) is 0 Å². The van der Waals surface area contributed by atoms with Crippen LogP contribution >= 0.6 is 0 Å². The van der Waals surface area contributed by atoms with Gasteiger partial charge in [-0.05, 0) is 69.4 Å². The molecule has 2 bridgehead atoms. The van der Waals surface area contributed by atoms with E-state index in [0.29, 0.717) is 52.0 Å². The van der Waals surface area contributed by atoms with Gasteiger partial charge in [0.25, 0.3) is 0 Å². The topological polar surface area (TPSA) is 119 Å². The molecule has 2 heterocycles. The number of esters is 1. The number of hydrogen-bond donors (Lipinski definition) is 3. The Morgan fingerprint density at radius 2 is 1.98 bits per heavy atom. The molecule has 2 amide bonds. The average Bonchev–Trinajstić information content (AvgIpc) is 3.25. The van der Waals surface area contributed by atoms with E-state index in [1.807, 2.05) is 36.5 Å². The molecule has 41 heavy (non-hydrogen) atoms. The first-order chi connectivity index (χ1) is 19.6. The number of aryl methyl sites for hydroxylation is 1. The summed E-state index contributed by atoms with van der Waals surface area (Å²) in [6, 6.07) is 14.2. The maximum Gasteiger partial charge on any atom is 0.307 e.